The highest BCUT2D eigenvalue weighted by Crippen LogP contribution is 2.26. The first kappa shape index (κ1) is 24.3. The van der Waals surface area contributed by atoms with Crippen molar-refractivity contribution in [2.45, 2.75) is 13.5 Å². The van der Waals surface area contributed by atoms with Crippen LogP contribution in [0.15, 0.2) is 72.8 Å². The summed E-state index contributed by atoms with van der Waals surface area (Å²) in [5, 5.41) is 5.83. The Morgan fingerprint density at radius 3 is 2.33 bits per heavy atom. The first-order valence-corrected chi connectivity index (χ1v) is 12.3. The average Bonchev–Trinajstić information content (AvgIpc) is 2.78. The summed E-state index contributed by atoms with van der Waals surface area (Å²) in [6, 6.07) is 20.8. The van der Waals surface area contributed by atoms with E-state index < -0.39 is 22.5 Å². The van der Waals surface area contributed by atoms with Crippen molar-refractivity contribution in [3.8, 4) is 0 Å². The fourth-order valence-electron chi connectivity index (χ4n) is 3.22. The molecule has 0 aromatic heterocycles. The van der Waals surface area contributed by atoms with Crippen molar-refractivity contribution >= 4 is 44.8 Å². The first-order chi connectivity index (χ1) is 15.6. The number of hydrogen-bond donors (Lipinski definition) is 2. The lowest BCUT2D eigenvalue weighted by molar-refractivity contribution is -0.114. The maximum atomic E-state index is 12.8. The minimum absolute atomic E-state index is 0.270. The SMILES string of the molecule is Cc1ccc(Cl)cc1N(CC(=O)Nc1ccccc1C(=O)NCc1ccccc1)S(C)(=O)=O. The number of halogens is 1. The molecule has 2 amide bonds. The highest BCUT2D eigenvalue weighted by molar-refractivity contribution is 7.92. The number of nitrogens with zero attached hydrogens (tertiary/aromatic N) is 1. The van der Waals surface area contributed by atoms with Gasteiger partial charge >= 0.3 is 0 Å². The van der Waals surface area contributed by atoms with Crippen molar-refractivity contribution in [1.82, 2.24) is 5.32 Å². The maximum Gasteiger partial charge on any atom is 0.253 e. The van der Waals surface area contributed by atoms with Crippen LogP contribution in [0.1, 0.15) is 21.5 Å². The van der Waals surface area contributed by atoms with Gasteiger partial charge in [0.25, 0.3) is 5.91 Å². The summed E-state index contributed by atoms with van der Waals surface area (Å²) in [4.78, 5) is 25.5. The minimum atomic E-state index is -3.78. The third-order valence-corrected chi connectivity index (χ3v) is 6.23. The van der Waals surface area contributed by atoms with Crippen LogP contribution in [0.3, 0.4) is 0 Å². The second-order valence-electron chi connectivity index (χ2n) is 7.46. The summed E-state index contributed by atoms with van der Waals surface area (Å²) in [7, 11) is -3.78. The molecule has 0 spiro atoms. The zero-order valence-electron chi connectivity index (χ0n) is 18.2. The fourth-order valence-corrected chi connectivity index (χ4v) is 4.29. The van der Waals surface area contributed by atoms with Crippen molar-refractivity contribution < 1.29 is 18.0 Å². The van der Waals surface area contributed by atoms with Gasteiger partial charge in [0.15, 0.2) is 0 Å². The summed E-state index contributed by atoms with van der Waals surface area (Å²) in [5.74, 6) is -0.955. The van der Waals surface area contributed by atoms with Crippen LogP contribution in [0.5, 0.6) is 0 Å². The Kier molecular flexibility index (Phi) is 7.73. The van der Waals surface area contributed by atoms with Crippen LogP contribution in [-0.4, -0.2) is 33.0 Å². The summed E-state index contributed by atoms with van der Waals surface area (Å²) in [6.45, 7) is 1.59. The van der Waals surface area contributed by atoms with Gasteiger partial charge in [-0.3, -0.25) is 13.9 Å². The van der Waals surface area contributed by atoms with Gasteiger partial charge in [-0.15, -0.1) is 0 Å². The van der Waals surface area contributed by atoms with Gasteiger partial charge in [0, 0.05) is 11.6 Å². The molecule has 0 atom stereocenters. The Labute approximate surface area is 198 Å². The van der Waals surface area contributed by atoms with Crippen molar-refractivity contribution in [3.05, 3.63) is 94.5 Å². The molecule has 7 nitrogen and oxygen atoms in total. The normalized spacial score (nSPS) is 11.0. The van der Waals surface area contributed by atoms with Crippen LogP contribution in [0.25, 0.3) is 0 Å². The number of anilines is 2. The van der Waals surface area contributed by atoms with Crippen molar-refractivity contribution in [3.63, 3.8) is 0 Å². The highest BCUT2D eigenvalue weighted by Gasteiger charge is 2.23. The number of rotatable bonds is 8. The molecule has 0 heterocycles. The lowest BCUT2D eigenvalue weighted by Crippen LogP contribution is -2.38. The van der Waals surface area contributed by atoms with Gasteiger partial charge in [-0.1, -0.05) is 60.1 Å². The van der Waals surface area contributed by atoms with E-state index in [-0.39, 0.29) is 17.2 Å². The van der Waals surface area contributed by atoms with Crippen molar-refractivity contribution in [1.29, 1.82) is 0 Å². The molecule has 9 heteroatoms. The Hall–Kier alpha value is -3.36. The first-order valence-electron chi connectivity index (χ1n) is 10.1. The van der Waals surface area contributed by atoms with Gasteiger partial charge in [0.1, 0.15) is 6.54 Å². The summed E-state index contributed by atoms with van der Waals surface area (Å²) in [6.07, 6.45) is 1.02. The van der Waals surface area contributed by atoms with E-state index in [0.717, 1.165) is 16.1 Å². The number of benzene rings is 3. The zero-order chi connectivity index (χ0) is 24.0. The molecular weight excluding hydrogens is 462 g/mol. The topological polar surface area (TPSA) is 95.6 Å². The number of amides is 2. The standard InChI is InChI=1S/C24H24ClN3O4S/c1-17-12-13-19(25)14-22(17)28(33(2,31)32)16-23(29)27-21-11-7-6-10-20(21)24(30)26-15-18-8-4-3-5-9-18/h3-14H,15-16H2,1-2H3,(H,26,30)(H,27,29). The van der Waals surface area contributed by atoms with Gasteiger partial charge in [0.2, 0.25) is 15.9 Å². The van der Waals surface area contributed by atoms with Crippen LogP contribution in [-0.2, 0) is 21.4 Å². The van der Waals surface area contributed by atoms with Crippen LogP contribution >= 0.6 is 11.6 Å². The molecule has 3 aromatic rings. The van der Waals surface area contributed by atoms with Crippen LogP contribution in [0.2, 0.25) is 5.02 Å². The van der Waals surface area contributed by atoms with Crippen LogP contribution < -0.4 is 14.9 Å². The van der Waals surface area contributed by atoms with E-state index in [1.807, 2.05) is 30.3 Å². The Morgan fingerprint density at radius 2 is 1.64 bits per heavy atom. The molecule has 0 saturated heterocycles. The Bertz CT molecular complexity index is 1260. The number of hydrogen-bond acceptors (Lipinski definition) is 4. The molecule has 33 heavy (non-hydrogen) atoms. The molecule has 3 aromatic carbocycles. The summed E-state index contributed by atoms with van der Waals surface area (Å²) < 4.78 is 25.8. The number of carbonyl (C=O) groups excluding carboxylic acids is 2. The third-order valence-electron chi connectivity index (χ3n) is 4.87. The Morgan fingerprint density at radius 1 is 0.970 bits per heavy atom. The van der Waals surface area contributed by atoms with Gasteiger partial charge in [-0.2, -0.15) is 0 Å². The lowest BCUT2D eigenvalue weighted by atomic mass is 10.1. The molecule has 0 fully saturated rings. The van der Waals surface area contributed by atoms with Crippen LogP contribution in [0.4, 0.5) is 11.4 Å². The molecule has 0 aliphatic rings. The molecule has 172 valence electrons. The third kappa shape index (κ3) is 6.57. The van der Waals surface area contributed by atoms with E-state index >= 15 is 0 Å². The van der Waals surface area contributed by atoms with Gasteiger partial charge in [-0.05, 0) is 42.3 Å². The van der Waals surface area contributed by atoms with E-state index in [1.54, 1.807) is 43.3 Å². The number of sulfonamides is 1. The predicted molar refractivity (Wildman–Crippen MR) is 131 cm³/mol. The van der Waals surface area contributed by atoms with E-state index in [9.17, 15) is 18.0 Å². The van der Waals surface area contributed by atoms with E-state index in [0.29, 0.717) is 22.8 Å². The maximum absolute atomic E-state index is 12.8. The number of nitrogens with one attached hydrogen (secondary N) is 2. The summed E-state index contributed by atoms with van der Waals surface area (Å²) >= 11 is 6.04. The molecule has 0 unspecified atom stereocenters. The second kappa shape index (κ2) is 10.5. The molecule has 0 saturated carbocycles. The van der Waals surface area contributed by atoms with Crippen LogP contribution in [0, 0.1) is 6.92 Å². The predicted octanol–water partition coefficient (Wildman–Crippen LogP) is 3.98. The van der Waals surface area contributed by atoms with Gasteiger partial charge in [-0.25, -0.2) is 8.42 Å². The molecule has 0 radical (unpaired) electrons. The van der Waals surface area contributed by atoms with Crippen molar-refractivity contribution in [2.24, 2.45) is 0 Å². The molecule has 0 aliphatic carbocycles. The summed E-state index contributed by atoms with van der Waals surface area (Å²) in [5.41, 5.74) is 2.45. The van der Waals surface area contributed by atoms with Gasteiger partial charge in [0.05, 0.1) is 23.2 Å². The zero-order valence-corrected chi connectivity index (χ0v) is 19.8. The van der Waals surface area contributed by atoms with Crippen molar-refractivity contribution in [2.75, 3.05) is 22.4 Å². The second-order valence-corrected chi connectivity index (χ2v) is 9.81. The van der Waals surface area contributed by atoms with E-state index in [4.69, 9.17) is 11.6 Å². The highest BCUT2D eigenvalue weighted by atomic mass is 35.5. The van der Waals surface area contributed by atoms with E-state index in [2.05, 4.69) is 10.6 Å². The number of carbonyl (C=O) groups is 2. The fraction of sp³-hybridized carbons (Fsp3) is 0.167. The quantitative estimate of drug-likeness (QED) is 0.504. The molecule has 0 aliphatic heterocycles. The molecular formula is C24H24ClN3O4S. The monoisotopic (exact) mass is 485 g/mol. The van der Waals surface area contributed by atoms with E-state index in [1.165, 1.54) is 6.07 Å². The number of aryl methyl sites for hydroxylation is 1. The smallest absolute Gasteiger partial charge is 0.253 e. The molecule has 0 bridgehead atoms. The lowest BCUT2D eigenvalue weighted by Gasteiger charge is -2.24. The molecule has 2 N–H and O–H groups in total. The Balaban J connectivity index is 1.77. The van der Waals surface area contributed by atoms with Gasteiger partial charge < -0.3 is 10.6 Å². The number of para-hydroxylation sites is 1. The largest absolute Gasteiger partial charge is 0.348 e. The average molecular weight is 486 g/mol. The molecule has 3 rings (SSSR count). The minimum Gasteiger partial charge on any atom is -0.348 e.